The molecule has 2 aliphatic rings. The van der Waals surface area contributed by atoms with E-state index in [2.05, 4.69) is 10.6 Å². The zero-order chi connectivity index (χ0) is 13.1. The Morgan fingerprint density at radius 1 is 1.42 bits per heavy atom. The Hall–Kier alpha value is -1.39. The minimum absolute atomic E-state index is 0.0205. The van der Waals surface area contributed by atoms with Crippen LogP contribution >= 0.6 is 0 Å². The number of ether oxygens (including phenoxy) is 1. The van der Waals surface area contributed by atoms with Crippen LogP contribution in [0, 0.1) is 11.3 Å². The van der Waals surface area contributed by atoms with Crippen LogP contribution in [0.4, 0.5) is 0 Å². The predicted octanol–water partition coefficient (Wildman–Crippen LogP) is 1.04. The van der Waals surface area contributed by atoms with Crippen molar-refractivity contribution in [1.82, 2.24) is 10.6 Å². The molecule has 4 nitrogen and oxygen atoms in total. The average molecular weight is 260 g/mol. The van der Waals surface area contributed by atoms with Crippen LogP contribution in [0.1, 0.15) is 16.8 Å². The molecule has 2 aliphatic heterocycles. The summed E-state index contributed by atoms with van der Waals surface area (Å²) in [5.74, 6) is 0.546. The Morgan fingerprint density at radius 2 is 2.26 bits per heavy atom. The van der Waals surface area contributed by atoms with Gasteiger partial charge in [-0.05, 0) is 18.6 Å². The molecule has 2 fully saturated rings. The molecule has 4 heteroatoms. The van der Waals surface area contributed by atoms with Gasteiger partial charge in [0.2, 0.25) is 0 Å². The molecule has 2 atom stereocenters. The molecule has 102 valence electrons. The fourth-order valence-electron chi connectivity index (χ4n) is 3.13. The quantitative estimate of drug-likeness (QED) is 0.854. The van der Waals surface area contributed by atoms with E-state index >= 15 is 0 Å². The van der Waals surface area contributed by atoms with Crippen LogP contribution in [0.2, 0.25) is 0 Å². The van der Waals surface area contributed by atoms with E-state index in [1.807, 2.05) is 30.3 Å². The lowest BCUT2D eigenvalue weighted by Gasteiger charge is -2.38. The minimum atomic E-state index is 0.0205. The van der Waals surface area contributed by atoms with Gasteiger partial charge >= 0.3 is 0 Å². The molecule has 2 unspecified atom stereocenters. The third kappa shape index (κ3) is 2.51. The molecule has 19 heavy (non-hydrogen) atoms. The summed E-state index contributed by atoms with van der Waals surface area (Å²) in [6, 6.07) is 9.40. The molecule has 2 heterocycles. The van der Waals surface area contributed by atoms with Gasteiger partial charge < -0.3 is 15.4 Å². The van der Waals surface area contributed by atoms with Gasteiger partial charge in [-0.2, -0.15) is 0 Å². The Balaban J connectivity index is 1.64. The molecule has 0 radical (unpaired) electrons. The average Bonchev–Trinajstić information content (AvgIpc) is 2.90. The number of carbonyl (C=O) groups excluding carboxylic acids is 1. The van der Waals surface area contributed by atoms with Gasteiger partial charge in [0, 0.05) is 43.1 Å². The molecular formula is C15H20N2O2. The van der Waals surface area contributed by atoms with E-state index < -0.39 is 0 Å². The second-order valence-corrected chi connectivity index (χ2v) is 5.56. The number of amides is 1. The van der Waals surface area contributed by atoms with Gasteiger partial charge in [-0.25, -0.2) is 0 Å². The fourth-order valence-corrected chi connectivity index (χ4v) is 3.13. The maximum absolute atomic E-state index is 12.1. The first-order valence-electron chi connectivity index (χ1n) is 6.92. The first kappa shape index (κ1) is 12.6. The van der Waals surface area contributed by atoms with Crippen molar-refractivity contribution < 1.29 is 9.53 Å². The van der Waals surface area contributed by atoms with Crippen LogP contribution in [0.15, 0.2) is 30.3 Å². The third-order valence-corrected chi connectivity index (χ3v) is 4.43. The summed E-state index contributed by atoms with van der Waals surface area (Å²) in [6.07, 6.45) is 1.03. The first-order valence-corrected chi connectivity index (χ1v) is 6.92. The maximum atomic E-state index is 12.1. The smallest absolute Gasteiger partial charge is 0.251 e. The number of rotatable bonds is 3. The number of hydrogen-bond acceptors (Lipinski definition) is 3. The molecule has 0 aromatic heterocycles. The van der Waals surface area contributed by atoms with Gasteiger partial charge in [0.1, 0.15) is 0 Å². The summed E-state index contributed by atoms with van der Waals surface area (Å²) >= 11 is 0. The van der Waals surface area contributed by atoms with Gasteiger partial charge in [-0.3, -0.25) is 4.79 Å². The summed E-state index contributed by atoms with van der Waals surface area (Å²) in [4.78, 5) is 12.1. The Morgan fingerprint density at radius 3 is 3.11 bits per heavy atom. The zero-order valence-electron chi connectivity index (χ0n) is 11.0. The first-order chi connectivity index (χ1) is 9.30. The summed E-state index contributed by atoms with van der Waals surface area (Å²) in [5.41, 5.74) is 0.913. The molecule has 1 amide bonds. The summed E-state index contributed by atoms with van der Waals surface area (Å²) in [6.45, 7) is 4.34. The van der Waals surface area contributed by atoms with E-state index in [-0.39, 0.29) is 11.3 Å². The SMILES string of the molecule is O=C(NCC12CCOCC1CNC2)c1ccccc1. The monoisotopic (exact) mass is 260 g/mol. The fraction of sp³-hybridized carbons (Fsp3) is 0.533. The molecular weight excluding hydrogens is 240 g/mol. The number of carbonyl (C=O) groups is 1. The Bertz CT molecular complexity index is 449. The highest BCUT2D eigenvalue weighted by atomic mass is 16.5. The highest BCUT2D eigenvalue weighted by molar-refractivity contribution is 5.94. The molecule has 0 aliphatic carbocycles. The lowest BCUT2D eigenvalue weighted by molar-refractivity contribution is -0.0136. The van der Waals surface area contributed by atoms with Crippen molar-refractivity contribution in [1.29, 1.82) is 0 Å². The van der Waals surface area contributed by atoms with Crippen molar-refractivity contribution in [2.24, 2.45) is 11.3 Å². The Kier molecular flexibility index (Phi) is 3.53. The summed E-state index contributed by atoms with van der Waals surface area (Å²) in [5, 5.41) is 6.53. The number of fused-ring (bicyclic) bond motifs is 1. The van der Waals surface area contributed by atoms with Gasteiger partial charge in [0.15, 0.2) is 0 Å². The lowest BCUT2D eigenvalue weighted by Crippen LogP contribution is -2.47. The molecule has 1 aromatic carbocycles. The van der Waals surface area contributed by atoms with Crippen molar-refractivity contribution >= 4 is 5.91 Å². The molecule has 1 aromatic rings. The number of nitrogens with one attached hydrogen (secondary N) is 2. The van der Waals surface area contributed by atoms with Crippen LogP contribution in [-0.2, 0) is 4.74 Å². The highest BCUT2D eigenvalue weighted by Crippen LogP contribution is 2.37. The van der Waals surface area contributed by atoms with Crippen molar-refractivity contribution in [3.63, 3.8) is 0 Å². The van der Waals surface area contributed by atoms with Crippen LogP contribution in [-0.4, -0.2) is 38.8 Å². The van der Waals surface area contributed by atoms with E-state index in [1.54, 1.807) is 0 Å². The summed E-state index contributed by atoms with van der Waals surface area (Å²) < 4.78 is 5.55. The number of hydrogen-bond donors (Lipinski definition) is 2. The zero-order valence-corrected chi connectivity index (χ0v) is 11.0. The van der Waals surface area contributed by atoms with Crippen LogP contribution in [0.5, 0.6) is 0 Å². The van der Waals surface area contributed by atoms with Crippen LogP contribution in [0.3, 0.4) is 0 Å². The van der Waals surface area contributed by atoms with E-state index in [4.69, 9.17) is 4.74 Å². The highest BCUT2D eigenvalue weighted by Gasteiger charge is 2.44. The molecule has 0 bridgehead atoms. The van der Waals surface area contributed by atoms with Crippen LogP contribution in [0.25, 0.3) is 0 Å². The molecule has 3 rings (SSSR count). The lowest BCUT2D eigenvalue weighted by atomic mass is 9.74. The van der Waals surface area contributed by atoms with E-state index in [1.165, 1.54) is 0 Å². The van der Waals surface area contributed by atoms with E-state index in [9.17, 15) is 4.79 Å². The van der Waals surface area contributed by atoms with Gasteiger partial charge in [0.25, 0.3) is 5.91 Å². The van der Waals surface area contributed by atoms with E-state index in [0.717, 1.165) is 44.8 Å². The van der Waals surface area contributed by atoms with Crippen molar-refractivity contribution in [2.45, 2.75) is 6.42 Å². The summed E-state index contributed by atoms with van der Waals surface area (Å²) in [7, 11) is 0. The minimum Gasteiger partial charge on any atom is -0.381 e. The second kappa shape index (κ2) is 5.31. The normalized spacial score (nSPS) is 29.8. The molecule has 2 N–H and O–H groups in total. The standard InChI is InChI=1S/C15H20N2O2/c18-14(12-4-2-1-3-5-12)17-11-15-6-7-19-9-13(15)8-16-10-15/h1-5,13,16H,6-11H2,(H,17,18). The van der Waals surface area contributed by atoms with E-state index in [0.29, 0.717) is 5.92 Å². The van der Waals surface area contributed by atoms with Crippen molar-refractivity contribution in [2.75, 3.05) is 32.8 Å². The molecule has 0 saturated carbocycles. The van der Waals surface area contributed by atoms with Gasteiger partial charge in [0.05, 0.1) is 6.61 Å². The Labute approximate surface area is 113 Å². The van der Waals surface area contributed by atoms with Gasteiger partial charge in [-0.1, -0.05) is 18.2 Å². The van der Waals surface area contributed by atoms with Gasteiger partial charge in [-0.15, -0.1) is 0 Å². The largest absolute Gasteiger partial charge is 0.381 e. The topological polar surface area (TPSA) is 50.4 Å². The predicted molar refractivity (Wildman–Crippen MR) is 73.0 cm³/mol. The van der Waals surface area contributed by atoms with Crippen LogP contribution < -0.4 is 10.6 Å². The molecule has 2 saturated heterocycles. The second-order valence-electron chi connectivity index (χ2n) is 5.56. The third-order valence-electron chi connectivity index (χ3n) is 4.43. The van der Waals surface area contributed by atoms with Crippen molar-refractivity contribution in [3.8, 4) is 0 Å². The maximum Gasteiger partial charge on any atom is 0.251 e. The van der Waals surface area contributed by atoms with Crippen molar-refractivity contribution in [3.05, 3.63) is 35.9 Å². The molecule has 0 spiro atoms. The number of benzene rings is 1.